The quantitative estimate of drug-likeness (QED) is 0.137. The predicted molar refractivity (Wildman–Crippen MR) is 141 cm³/mol. The fourth-order valence-corrected chi connectivity index (χ4v) is 5.04. The molecule has 3 aromatic rings. The molecule has 1 unspecified atom stereocenters. The number of fused-ring (bicyclic) bond motifs is 1. The maximum atomic E-state index is 13.7. The summed E-state index contributed by atoms with van der Waals surface area (Å²) in [5.74, 6) is -0.568. The highest BCUT2D eigenvalue weighted by molar-refractivity contribution is 7.22. The van der Waals surface area contributed by atoms with Gasteiger partial charge in [0.2, 0.25) is 0 Å². The van der Waals surface area contributed by atoms with Crippen molar-refractivity contribution >= 4 is 27.4 Å². The largest absolute Gasteiger partial charge is 0.492 e. The third kappa shape index (κ3) is 6.69. The van der Waals surface area contributed by atoms with Crippen LogP contribution in [0.3, 0.4) is 0 Å². The number of esters is 1. The zero-order valence-corrected chi connectivity index (χ0v) is 21.9. The molecule has 0 bridgehead atoms. The van der Waals surface area contributed by atoms with Crippen LogP contribution in [0.4, 0.5) is 13.2 Å². The second-order valence-electron chi connectivity index (χ2n) is 9.27. The lowest BCUT2D eigenvalue weighted by atomic mass is 9.92. The van der Waals surface area contributed by atoms with Crippen molar-refractivity contribution in [3.05, 3.63) is 66.2 Å². The molecule has 1 heterocycles. The molecule has 0 amide bonds. The number of carbonyl (C=O) groups is 1. The molecule has 0 saturated carbocycles. The van der Waals surface area contributed by atoms with Gasteiger partial charge in [-0.05, 0) is 72.5 Å². The number of rotatable bonds is 12. The first-order valence-corrected chi connectivity index (χ1v) is 13.1. The van der Waals surface area contributed by atoms with Crippen molar-refractivity contribution < 1.29 is 27.4 Å². The Labute approximate surface area is 214 Å². The van der Waals surface area contributed by atoms with E-state index in [0.29, 0.717) is 5.75 Å². The number of ether oxygens (including phenoxy) is 2. The van der Waals surface area contributed by atoms with Crippen LogP contribution in [0.2, 0.25) is 0 Å². The minimum absolute atomic E-state index is 0.336. The van der Waals surface area contributed by atoms with E-state index in [-0.39, 0.29) is 0 Å². The number of aryl methyl sites for hydroxylation is 2. The van der Waals surface area contributed by atoms with Crippen LogP contribution in [0.25, 0.3) is 20.5 Å². The Morgan fingerprint density at radius 1 is 1.06 bits per heavy atom. The summed E-state index contributed by atoms with van der Waals surface area (Å²) in [5, 5.41) is 1.01. The molecule has 3 nitrogen and oxygen atoms in total. The first-order chi connectivity index (χ1) is 17.1. The maximum absolute atomic E-state index is 13.7. The average Bonchev–Trinajstić information content (AvgIpc) is 3.28. The van der Waals surface area contributed by atoms with Gasteiger partial charge in [-0.15, -0.1) is 11.3 Å². The molecule has 36 heavy (non-hydrogen) atoms. The van der Waals surface area contributed by atoms with Gasteiger partial charge < -0.3 is 9.47 Å². The summed E-state index contributed by atoms with van der Waals surface area (Å²) in [6.07, 6.45) is 1.84. The number of alkyl halides is 3. The number of hydrogen-bond donors (Lipinski definition) is 0. The zero-order valence-electron chi connectivity index (χ0n) is 21.0. The SMILES string of the molecule is C=CC(=O)OCC(C)(COc1ccc2cc(-c3ccc(CCCCC)cc3CC)sc2c1)C(F)(F)F. The van der Waals surface area contributed by atoms with E-state index < -0.39 is 30.8 Å². The zero-order chi connectivity index (χ0) is 26.3. The van der Waals surface area contributed by atoms with Gasteiger partial charge in [-0.25, -0.2) is 4.79 Å². The van der Waals surface area contributed by atoms with Crippen LogP contribution in [-0.2, 0) is 22.4 Å². The second kappa shape index (κ2) is 12.0. The summed E-state index contributed by atoms with van der Waals surface area (Å²) in [7, 11) is 0. The first kappa shape index (κ1) is 27.8. The number of benzene rings is 2. The predicted octanol–water partition coefficient (Wildman–Crippen LogP) is 8.54. The van der Waals surface area contributed by atoms with Crippen LogP contribution in [0.5, 0.6) is 5.75 Å². The summed E-state index contributed by atoms with van der Waals surface area (Å²) < 4.78 is 52.3. The van der Waals surface area contributed by atoms with Gasteiger partial charge in [0.1, 0.15) is 24.4 Å². The molecule has 0 spiro atoms. The van der Waals surface area contributed by atoms with Crippen LogP contribution in [-0.4, -0.2) is 25.4 Å². The van der Waals surface area contributed by atoms with Crippen molar-refractivity contribution in [3.63, 3.8) is 0 Å². The van der Waals surface area contributed by atoms with Crippen LogP contribution < -0.4 is 4.74 Å². The highest BCUT2D eigenvalue weighted by Crippen LogP contribution is 2.40. The monoisotopic (exact) mass is 518 g/mol. The van der Waals surface area contributed by atoms with E-state index in [0.717, 1.165) is 40.8 Å². The Morgan fingerprint density at radius 2 is 1.83 bits per heavy atom. The number of hydrogen-bond acceptors (Lipinski definition) is 4. The average molecular weight is 519 g/mol. The van der Waals surface area contributed by atoms with E-state index in [9.17, 15) is 18.0 Å². The molecule has 0 aliphatic heterocycles. The number of carbonyl (C=O) groups excluding carboxylic acids is 1. The molecule has 0 fully saturated rings. The third-order valence-corrected chi connectivity index (χ3v) is 7.45. The van der Waals surface area contributed by atoms with Crippen molar-refractivity contribution in [1.82, 2.24) is 0 Å². The van der Waals surface area contributed by atoms with Crippen LogP contribution in [0, 0.1) is 5.41 Å². The third-order valence-electron chi connectivity index (χ3n) is 6.32. The summed E-state index contributed by atoms with van der Waals surface area (Å²) >= 11 is 1.59. The number of halogens is 3. The lowest BCUT2D eigenvalue weighted by molar-refractivity contribution is -0.240. The molecule has 1 aromatic heterocycles. The number of unbranched alkanes of at least 4 members (excludes halogenated alkanes) is 2. The van der Waals surface area contributed by atoms with Crippen molar-refractivity contribution in [2.24, 2.45) is 5.41 Å². The molecule has 0 radical (unpaired) electrons. The Hall–Kier alpha value is -2.80. The lowest BCUT2D eigenvalue weighted by Crippen LogP contribution is -2.44. The lowest BCUT2D eigenvalue weighted by Gasteiger charge is -2.31. The van der Waals surface area contributed by atoms with Gasteiger partial charge in [-0.3, -0.25) is 0 Å². The molecule has 194 valence electrons. The standard InChI is InChI=1S/C29H33F3O3S/c1-5-8-9-10-20-11-14-24(21(6-2)15-20)26-16-22-12-13-23(17-25(22)36-26)34-18-28(4,29(30,31)32)19-35-27(33)7-3/h7,11-17H,3,5-6,8-10,18-19H2,1-2,4H3. The highest BCUT2D eigenvalue weighted by Gasteiger charge is 2.53. The van der Waals surface area contributed by atoms with Gasteiger partial charge in [-0.1, -0.05) is 51.5 Å². The molecule has 0 aliphatic carbocycles. The van der Waals surface area contributed by atoms with E-state index >= 15 is 0 Å². The number of thiophene rings is 1. The van der Waals surface area contributed by atoms with Crippen molar-refractivity contribution in [3.8, 4) is 16.2 Å². The Bertz CT molecular complexity index is 1200. The summed E-state index contributed by atoms with van der Waals surface area (Å²) in [6.45, 7) is 7.02. The van der Waals surface area contributed by atoms with Crippen molar-refractivity contribution in [2.45, 2.75) is 59.1 Å². The Kier molecular flexibility index (Phi) is 9.23. The maximum Gasteiger partial charge on any atom is 0.400 e. The van der Waals surface area contributed by atoms with E-state index in [1.165, 1.54) is 36.0 Å². The molecule has 0 N–H and O–H groups in total. The van der Waals surface area contributed by atoms with Gasteiger partial charge in [0, 0.05) is 15.7 Å². The summed E-state index contributed by atoms with van der Waals surface area (Å²) in [6, 6.07) is 14.1. The topological polar surface area (TPSA) is 35.5 Å². The molecular formula is C29H33F3O3S. The first-order valence-electron chi connectivity index (χ1n) is 12.2. The molecular weight excluding hydrogens is 485 g/mol. The second-order valence-corrected chi connectivity index (χ2v) is 10.4. The molecule has 1 atom stereocenters. The summed E-state index contributed by atoms with van der Waals surface area (Å²) in [5.41, 5.74) is 1.49. The van der Waals surface area contributed by atoms with Gasteiger partial charge in [0.05, 0.1) is 0 Å². The van der Waals surface area contributed by atoms with E-state index in [1.807, 2.05) is 6.07 Å². The fraction of sp³-hybridized carbons (Fsp3) is 0.414. The van der Waals surface area contributed by atoms with E-state index in [1.54, 1.807) is 23.5 Å². The van der Waals surface area contributed by atoms with E-state index in [2.05, 4.69) is 44.7 Å². The fourth-order valence-electron chi connectivity index (χ4n) is 3.89. The Morgan fingerprint density at radius 3 is 2.50 bits per heavy atom. The van der Waals surface area contributed by atoms with Gasteiger partial charge >= 0.3 is 12.1 Å². The van der Waals surface area contributed by atoms with Gasteiger partial charge in [0.25, 0.3) is 0 Å². The molecule has 0 saturated heterocycles. The highest BCUT2D eigenvalue weighted by atomic mass is 32.1. The van der Waals surface area contributed by atoms with Crippen LogP contribution >= 0.6 is 11.3 Å². The smallest absolute Gasteiger partial charge is 0.400 e. The minimum atomic E-state index is -4.62. The molecule has 0 aliphatic rings. The van der Waals surface area contributed by atoms with Crippen molar-refractivity contribution in [2.75, 3.05) is 13.2 Å². The van der Waals surface area contributed by atoms with Crippen molar-refractivity contribution in [1.29, 1.82) is 0 Å². The van der Waals surface area contributed by atoms with Gasteiger partial charge in [0.15, 0.2) is 0 Å². The van der Waals surface area contributed by atoms with Gasteiger partial charge in [-0.2, -0.15) is 13.2 Å². The van der Waals surface area contributed by atoms with E-state index in [4.69, 9.17) is 9.47 Å². The normalized spacial score (nSPS) is 13.4. The minimum Gasteiger partial charge on any atom is -0.492 e. The molecule has 7 heteroatoms. The molecule has 2 aromatic carbocycles. The Balaban J connectivity index is 1.79. The molecule has 3 rings (SSSR count). The van der Waals surface area contributed by atoms with Crippen LogP contribution in [0.15, 0.2) is 55.1 Å². The summed E-state index contributed by atoms with van der Waals surface area (Å²) in [4.78, 5) is 12.4. The van der Waals surface area contributed by atoms with Crippen LogP contribution in [0.1, 0.15) is 51.2 Å².